The smallest absolute Gasteiger partial charge is 0.190 e. The Morgan fingerprint density at radius 3 is 2.65 bits per heavy atom. The predicted octanol–water partition coefficient (Wildman–Crippen LogP) is -0.782. The van der Waals surface area contributed by atoms with Gasteiger partial charge in [-0.2, -0.15) is 0 Å². The maximum absolute atomic E-state index is 10.0. The van der Waals surface area contributed by atoms with Gasteiger partial charge in [0.05, 0.1) is 6.61 Å². The summed E-state index contributed by atoms with van der Waals surface area (Å²) in [6.45, 7) is 3.12. The Bertz CT molecular complexity index is 318. The molecule has 0 bridgehead atoms. The van der Waals surface area contributed by atoms with Crippen LogP contribution in [0, 0.1) is 0 Å². The molecule has 0 aromatic heterocycles. The molecular formula is C10H17NO6. The standard InChI is InChI=1S/C10H17NO6/c1-10(2)16-8-6(13)7(15-9(8)17-10)5(4-12)11-14-3/h6-9,12-13H,4H2,1-3H3/b11-5+/t6-,7+,8+,9+/m0/s1. The Morgan fingerprint density at radius 2 is 2.12 bits per heavy atom. The van der Waals surface area contributed by atoms with Gasteiger partial charge in [-0.05, 0) is 13.8 Å². The van der Waals surface area contributed by atoms with Crippen molar-refractivity contribution in [1.82, 2.24) is 0 Å². The Kier molecular flexibility index (Phi) is 3.37. The third-order valence-electron chi connectivity index (χ3n) is 2.71. The molecule has 2 N–H and O–H groups in total. The molecule has 98 valence electrons. The zero-order valence-electron chi connectivity index (χ0n) is 9.99. The number of hydrogen-bond acceptors (Lipinski definition) is 7. The van der Waals surface area contributed by atoms with E-state index in [1.54, 1.807) is 13.8 Å². The van der Waals surface area contributed by atoms with Crippen molar-refractivity contribution >= 4 is 5.71 Å². The Balaban J connectivity index is 2.10. The average molecular weight is 247 g/mol. The minimum atomic E-state index is -0.942. The summed E-state index contributed by atoms with van der Waals surface area (Å²) in [6, 6.07) is 0. The highest BCUT2D eigenvalue weighted by Gasteiger charge is 2.55. The van der Waals surface area contributed by atoms with Crippen LogP contribution in [-0.2, 0) is 19.0 Å². The van der Waals surface area contributed by atoms with Crippen molar-refractivity contribution in [2.75, 3.05) is 13.7 Å². The predicted molar refractivity (Wildman–Crippen MR) is 56.2 cm³/mol. The highest BCUT2D eigenvalue weighted by atomic mass is 16.8. The summed E-state index contributed by atoms with van der Waals surface area (Å²) < 4.78 is 16.4. The first-order chi connectivity index (χ1) is 7.98. The van der Waals surface area contributed by atoms with Crippen LogP contribution in [0.25, 0.3) is 0 Å². The van der Waals surface area contributed by atoms with Crippen LogP contribution in [0.4, 0.5) is 0 Å². The van der Waals surface area contributed by atoms with Crippen LogP contribution in [-0.4, -0.2) is 60.0 Å². The second-order valence-electron chi connectivity index (χ2n) is 4.44. The first-order valence-electron chi connectivity index (χ1n) is 5.38. The second-order valence-corrected chi connectivity index (χ2v) is 4.44. The van der Waals surface area contributed by atoms with Gasteiger partial charge in [-0.25, -0.2) is 0 Å². The molecule has 2 saturated heterocycles. The Hall–Kier alpha value is -0.730. The van der Waals surface area contributed by atoms with E-state index in [1.165, 1.54) is 7.11 Å². The Morgan fingerprint density at radius 1 is 1.41 bits per heavy atom. The van der Waals surface area contributed by atoms with Gasteiger partial charge in [0, 0.05) is 0 Å². The molecule has 0 amide bonds. The monoisotopic (exact) mass is 247 g/mol. The highest BCUT2D eigenvalue weighted by Crippen LogP contribution is 2.37. The quantitative estimate of drug-likeness (QED) is 0.502. The molecule has 2 fully saturated rings. The van der Waals surface area contributed by atoms with Crippen molar-refractivity contribution in [2.24, 2.45) is 5.16 Å². The van der Waals surface area contributed by atoms with Crippen molar-refractivity contribution in [1.29, 1.82) is 0 Å². The van der Waals surface area contributed by atoms with Crippen LogP contribution in [0.15, 0.2) is 5.16 Å². The fourth-order valence-corrected chi connectivity index (χ4v) is 2.05. The van der Waals surface area contributed by atoms with Gasteiger partial charge in [0.1, 0.15) is 31.1 Å². The van der Waals surface area contributed by atoms with Gasteiger partial charge >= 0.3 is 0 Å². The summed E-state index contributed by atoms with van der Waals surface area (Å²) in [5.74, 6) is -0.779. The molecule has 0 spiro atoms. The van der Waals surface area contributed by atoms with E-state index in [9.17, 15) is 5.11 Å². The molecule has 7 heteroatoms. The van der Waals surface area contributed by atoms with E-state index in [2.05, 4.69) is 9.99 Å². The van der Waals surface area contributed by atoms with E-state index in [-0.39, 0.29) is 12.3 Å². The van der Waals surface area contributed by atoms with Gasteiger partial charge < -0.3 is 29.3 Å². The lowest BCUT2D eigenvalue weighted by Crippen LogP contribution is -2.40. The highest BCUT2D eigenvalue weighted by molar-refractivity contribution is 5.90. The van der Waals surface area contributed by atoms with Gasteiger partial charge in [-0.1, -0.05) is 5.16 Å². The van der Waals surface area contributed by atoms with E-state index in [1.807, 2.05) is 0 Å². The molecule has 2 aliphatic rings. The van der Waals surface area contributed by atoms with Crippen LogP contribution in [0.3, 0.4) is 0 Å². The van der Waals surface area contributed by atoms with E-state index in [4.69, 9.17) is 19.3 Å². The van der Waals surface area contributed by atoms with Crippen molar-refractivity contribution in [3.8, 4) is 0 Å². The van der Waals surface area contributed by atoms with Gasteiger partial charge in [-0.3, -0.25) is 0 Å². The summed E-state index contributed by atoms with van der Waals surface area (Å²) in [4.78, 5) is 4.57. The third kappa shape index (κ3) is 2.29. The summed E-state index contributed by atoms with van der Waals surface area (Å²) in [7, 11) is 1.36. The summed E-state index contributed by atoms with van der Waals surface area (Å²) >= 11 is 0. The topological polar surface area (TPSA) is 89.7 Å². The molecule has 7 nitrogen and oxygen atoms in total. The van der Waals surface area contributed by atoms with Crippen molar-refractivity contribution in [3.63, 3.8) is 0 Å². The number of ether oxygens (including phenoxy) is 3. The van der Waals surface area contributed by atoms with Crippen molar-refractivity contribution < 1.29 is 29.3 Å². The van der Waals surface area contributed by atoms with Crippen molar-refractivity contribution in [3.05, 3.63) is 0 Å². The van der Waals surface area contributed by atoms with Crippen LogP contribution in [0.1, 0.15) is 13.8 Å². The Labute approximate surface area is 98.9 Å². The van der Waals surface area contributed by atoms with Gasteiger partial charge in [0.25, 0.3) is 0 Å². The molecule has 4 atom stereocenters. The number of nitrogens with zero attached hydrogens (tertiary/aromatic N) is 1. The maximum atomic E-state index is 10.0. The lowest BCUT2D eigenvalue weighted by atomic mass is 10.1. The number of hydrogen-bond donors (Lipinski definition) is 2. The number of oxime groups is 1. The number of aliphatic hydroxyl groups excluding tert-OH is 2. The lowest BCUT2D eigenvalue weighted by molar-refractivity contribution is -0.207. The average Bonchev–Trinajstić information content (AvgIpc) is 2.70. The molecule has 0 aromatic rings. The largest absolute Gasteiger partial charge is 0.399 e. The first kappa shape index (κ1) is 12.7. The molecule has 17 heavy (non-hydrogen) atoms. The molecular weight excluding hydrogens is 230 g/mol. The fraction of sp³-hybridized carbons (Fsp3) is 0.900. The van der Waals surface area contributed by atoms with Crippen LogP contribution in [0.5, 0.6) is 0 Å². The molecule has 0 unspecified atom stereocenters. The minimum absolute atomic E-state index is 0.208. The van der Waals surface area contributed by atoms with E-state index >= 15 is 0 Å². The van der Waals surface area contributed by atoms with E-state index in [0.29, 0.717) is 0 Å². The van der Waals surface area contributed by atoms with Crippen LogP contribution < -0.4 is 0 Å². The number of rotatable bonds is 3. The van der Waals surface area contributed by atoms with Crippen LogP contribution in [0.2, 0.25) is 0 Å². The van der Waals surface area contributed by atoms with E-state index in [0.717, 1.165) is 0 Å². The van der Waals surface area contributed by atoms with E-state index < -0.39 is 30.4 Å². The zero-order valence-corrected chi connectivity index (χ0v) is 9.99. The molecule has 0 aromatic carbocycles. The second kappa shape index (κ2) is 4.51. The maximum Gasteiger partial charge on any atom is 0.190 e. The lowest BCUT2D eigenvalue weighted by Gasteiger charge is -2.22. The summed E-state index contributed by atoms with van der Waals surface area (Å²) in [5.41, 5.74) is 0.208. The molecule has 0 radical (unpaired) electrons. The zero-order chi connectivity index (χ0) is 12.6. The minimum Gasteiger partial charge on any atom is -0.399 e. The van der Waals surface area contributed by atoms with Gasteiger partial charge in [-0.15, -0.1) is 0 Å². The first-order valence-corrected chi connectivity index (χ1v) is 5.38. The molecule has 0 aliphatic carbocycles. The molecule has 2 aliphatic heterocycles. The molecule has 2 rings (SSSR count). The van der Waals surface area contributed by atoms with Gasteiger partial charge in [0.15, 0.2) is 12.1 Å². The number of fused-ring (bicyclic) bond motifs is 1. The summed E-state index contributed by atoms with van der Waals surface area (Å²) in [6.07, 6.45) is -2.95. The fourth-order valence-electron chi connectivity index (χ4n) is 2.05. The normalized spacial score (nSPS) is 40.4. The van der Waals surface area contributed by atoms with Crippen LogP contribution >= 0.6 is 0 Å². The third-order valence-corrected chi connectivity index (χ3v) is 2.71. The SMILES string of the molecule is CO/N=C(\CO)[C@H]1O[C@@H]2OC(C)(C)O[C@@H]2[C@H]1O. The van der Waals surface area contributed by atoms with Crippen molar-refractivity contribution in [2.45, 2.75) is 44.2 Å². The summed E-state index contributed by atoms with van der Waals surface area (Å²) in [5, 5.41) is 22.8. The molecule has 2 heterocycles. The molecule has 0 saturated carbocycles. The van der Waals surface area contributed by atoms with Gasteiger partial charge in [0.2, 0.25) is 0 Å². The number of aliphatic hydroxyl groups is 2.